The number of nitrogens with one attached hydrogen (secondary N) is 1. The lowest BCUT2D eigenvalue weighted by Crippen LogP contribution is -2.24. The molecule has 120 valence electrons. The van der Waals surface area contributed by atoms with E-state index in [0.29, 0.717) is 30.2 Å². The van der Waals surface area contributed by atoms with Crippen molar-refractivity contribution in [1.29, 1.82) is 0 Å². The largest absolute Gasteiger partial charge is 0.454 e. The molecular formula is C16H17N3O4. The van der Waals surface area contributed by atoms with Gasteiger partial charge in [0.05, 0.1) is 25.5 Å². The minimum atomic E-state index is -0.167. The number of hydrogen-bond acceptors (Lipinski definition) is 5. The van der Waals surface area contributed by atoms with Crippen molar-refractivity contribution < 1.29 is 19.0 Å². The highest BCUT2D eigenvalue weighted by Crippen LogP contribution is 2.32. The van der Waals surface area contributed by atoms with Crippen molar-refractivity contribution in [3.63, 3.8) is 0 Å². The van der Waals surface area contributed by atoms with Crippen LogP contribution in [0.3, 0.4) is 0 Å². The van der Waals surface area contributed by atoms with Gasteiger partial charge in [-0.25, -0.2) is 0 Å². The van der Waals surface area contributed by atoms with Crippen molar-refractivity contribution in [2.75, 3.05) is 13.4 Å². The molecule has 4 rings (SSSR count). The number of fused-ring (bicyclic) bond motifs is 2. The number of benzene rings is 1. The Morgan fingerprint density at radius 3 is 3.13 bits per heavy atom. The molecule has 0 bridgehead atoms. The molecular weight excluding hydrogens is 298 g/mol. The van der Waals surface area contributed by atoms with E-state index in [4.69, 9.17) is 14.2 Å². The smallest absolute Gasteiger partial charge is 0.251 e. The van der Waals surface area contributed by atoms with Gasteiger partial charge in [0.2, 0.25) is 6.79 Å². The van der Waals surface area contributed by atoms with E-state index in [1.807, 2.05) is 11.7 Å². The van der Waals surface area contributed by atoms with Gasteiger partial charge in [-0.05, 0) is 18.2 Å². The van der Waals surface area contributed by atoms with Gasteiger partial charge in [-0.3, -0.25) is 9.48 Å². The lowest BCUT2D eigenvalue weighted by Gasteiger charge is -2.13. The average molecular weight is 315 g/mol. The van der Waals surface area contributed by atoms with Crippen LogP contribution in [0.4, 0.5) is 0 Å². The second-order valence-corrected chi connectivity index (χ2v) is 5.55. The number of aromatic nitrogens is 2. The van der Waals surface area contributed by atoms with Crippen LogP contribution in [0.5, 0.6) is 11.5 Å². The van der Waals surface area contributed by atoms with Crippen LogP contribution < -0.4 is 14.8 Å². The molecule has 23 heavy (non-hydrogen) atoms. The molecule has 0 atom stereocenters. The van der Waals surface area contributed by atoms with Crippen LogP contribution in [0.1, 0.15) is 27.3 Å². The monoisotopic (exact) mass is 315 g/mol. The number of amides is 1. The number of hydrogen-bond donors (Lipinski definition) is 1. The quantitative estimate of drug-likeness (QED) is 0.920. The first kappa shape index (κ1) is 14.1. The molecule has 1 aromatic carbocycles. The molecule has 2 aliphatic heterocycles. The predicted molar refractivity (Wildman–Crippen MR) is 80.3 cm³/mol. The average Bonchev–Trinajstić information content (AvgIpc) is 3.17. The molecule has 0 saturated carbocycles. The first-order valence-electron chi connectivity index (χ1n) is 7.51. The number of carbonyl (C=O) groups excluding carboxylic acids is 1. The molecule has 0 unspecified atom stereocenters. The Balaban J connectivity index is 1.48. The molecule has 1 N–H and O–H groups in total. The zero-order chi connectivity index (χ0) is 15.8. The van der Waals surface area contributed by atoms with Crippen LogP contribution in [-0.4, -0.2) is 29.1 Å². The van der Waals surface area contributed by atoms with Gasteiger partial charge in [-0.15, -0.1) is 0 Å². The van der Waals surface area contributed by atoms with Gasteiger partial charge < -0.3 is 19.5 Å². The van der Waals surface area contributed by atoms with Crippen LogP contribution in [0, 0.1) is 0 Å². The first-order chi connectivity index (χ1) is 11.2. The van der Waals surface area contributed by atoms with E-state index >= 15 is 0 Å². The molecule has 2 aliphatic rings. The van der Waals surface area contributed by atoms with E-state index in [1.165, 1.54) is 5.69 Å². The van der Waals surface area contributed by atoms with E-state index in [9.17, 15) is 4.79 Å². The fourth-order valence-electron chi connectivity index (χ4n) is 2.93. The summed E-state index contributed by atoms with van der Waals surface area (Å²) in [5.74, 6) is 1.10. The summed E-state index contributed by atoms with van der Waals surface area (Å²) in [6.07, 6.45) is 0.856. The zero-order valence-electron chi connectivity index (χ0n) is 12.8. The number of carbonyl (C=O) groups is 1. The summed E-state index contributed by atoms with van der Waals surface area (Å²) < 4.78 is 17.9. The lowest BCUT2D eigenvalue weighted by molar-refractivity contribution is 0.0947. The van der Waals surface area contributed by atoms with Crippen LogP contribution in [-0.2, 0) is 31.4 Å². The van der Waals surface area contributed by atoms with Gasteiger partial charge in [0.1, 0.15) is 0 Å². The summed E-state index contributed by atoms with van der Waals surface area (Å²) in [4.78, 5) is 12.3. The fraction of sp³-hybridized carbons (Fsp3) is 0.375. The van der Waals surface area contributed by atoms with Crippen molar-refractivity contribution in [3.8, 4) is 11.5 Å². The minimum absolute atomic E-state index is 0.167. The highest BCUT2D eigenvalue weighted by Gasteiger charge is 2.21. The van der Waals surface area contributed by atoms with Crippen molar-refractivity contribution in [2.24, 2.45) is 7.05 Å². The van der Waals surface area contributed by atoms with Gasteiger partial charge in [-0.2, -0.15) is 5.10 Å². The molecule has 7 heteroatoms. The van der Waals surface area contributed by atoms with Gasteiger partial charge in [-0.1, -0.05) is 0 Å². The molecule has 0 radical (unpaired) electrons. The summed E-state index contributed by atoms with van der Waals surface area (Å²) in [6, 6.07) is 5.15. The minimum Gasteiger partial charge on any atom is -0.454 e. The molecule has 0 fully saturated rings. The van der Waals surface area contributed by atoms with Crippen molar-refractivity contribution in [3.05, 3.63) is 40.7 Å². The number of aryl methyl sites for hydroxylation is 1. The highest BCUT2D eigenvalue weighted by atomic mass is 16.7. The number of ether oxygens (including phenoxy) is 3. The van der Waals surface area contributed by atoms with E-state index < -0.39 is 0 Å². The maximum atomic E-state index is 12.3. The van der Waals surface area contributed by atoms with Crippen LogP contribution in [0.15, 0.2) is 18.2 Å². The molecule has 1 amide bonds. The summed E-state index contributed by atoms with van der Waals surface area (Å²) in [6.45, 7) is 1.84. The Hall–Kier alpha value is -2.54. The Kier molecular flexibility index (Phi) is 3.42. The van der Waals surface area contributed by atoms with Crippen LogP contribution >= 0.6 is 0 Å². The second kappa shape index (κ2) is 5.58. The van der Waals surface area contributed by atoms with Crippen LogP contribution in [0.25, 0.3) is 0 Å². The molecule has 0 spiro atoms. The topological polar surface area (TPSA) is 74.6 Å². The van der Waals surface area contributed by atoms with Crippen molar-refractivity contribution >= 4 is 5.91 Å². The third-order valence-electron chi connectivity index (χ3n) is 4.14. The maximum Gasteiger partial charge on any atom is 0.251 e. The molecule has 0 aliphatic carbocycles. The fourth-order valence-corrected chi connectivity index (χ4v) is 2.93. The van der Waals surface area contributed by atoms with Crippen molar-refractivity contribution in [1.82, 2.24) is 15.1 Å². The third kappa shape index (κ3) is 2.53. The van der Waals surface area contributed by atoms with Gasteiger partial charge in [0.25, 0.3) is 5.91 Å². The first-order valence-corrected chi connectivity index (χ1v) is 7.51. The Morgan fingerprint density at radius 2 is 2.22 bits per heavy atom. The lowest BCUT2D eigenvalue weighted by atomic mass is 10.1. The Morgan fingerprint density at radius 1 is 1.35 bits per heavy atom. The standard InChI is InChI=1S/C16H17N3O4/c1-19-13-4-5-21-8-11(13)12(18-19)7-17-16(20)10-2-3-14-15(6-10)23-9-22-14/h2-3,6H,4-5,7-9H2,1H3,(H,17,20). The van der Waals surface area contributed by atoms with Crippen LogP contribution in [0.2, 0.25) is 0 Å². The van der Waals surface area contributed by atoms with Gasteiger partial charge in [0.15, 0.2) is 11.5 Å². The van der Waals surface area contributed by atoms with E-state index in [1.54, 1.807) is 18.2 Å². The zero-order valence-corrected chi connectivity index (χ0v) is 12.8. The molecule has 2 aromatic rings. The summed E-state index contributed by atoms with van der Waals surface area (Å²) in [7, 11) is 1.92. The van der Waals surface area contributed by atoms with E-state index in [2.05, 4.69) is 10.4 Å². The third-order valence-corrected chi connectivity index (χ3v) is 4.14. The normalized spacial score (nSPS) is 15.3. The highest BCUT2D eigenvalue weighted by molar-refractivity contribution is 5.94. The number of rotatable bonds is 3. The van der Waals surface area contributed by atoms with Crippen molar-refractivity contribution in [2.45, 2.75) is 19.6 Å². The predicted octanol–water partition coefficient (Wildman–Crippen LogP) is 1.15. The maximum absolute atomic E-state index is 12.3. The van der Waals surface area contributed by atoms with E-state index in [-0.39, 0.29) is 12.7 Å². The Bertz CT molecular complexity index is 769. The summed E-state index contributed by atoms with van der Waals surface area (Å²) in [5, 5.41) is 7.40. The molecule has 7 nitrogen and oxygen atoms in total. The molecule has 1 aromatic heterocycles. The summed E-state index contributed by atoms with van der Waals surface area (Å²) in [5.41, 5.74) is 3.67. The SMILES string of the molecule is Cn1nc(CNC(=O)c2ccc3c(c2)OCO3)c2c1CCOC2. The van der Waals surface area contributed by atoms with E-state index in [0.717, 1.165) is 24.3 Å². The van der Waals surface area contributed by atoms with Gasteiger partial charge >= 0.3 is 0 Å². The summed E-state index contributed by atoms with van der Waals surface area (Å²) >= 11 is 0. The molecule has 3 heterocycles. The van der Waals surface area contributed by atoms with Gasteiger partial charge in [0, 0.05) is 30.3 Å². The second-order valence-electron chi connectivity index (χ2n) is 5.55. The molecule has 0 saturated heterocycles. The number of nitrogens with zero attached hydrogens (tertiary/aromatic N) is 2. The Labute approximate surface area is 133 Å².